The molecular weight excluding hydrogens is 324 g/mol. The van der Waals surface area contributed by atoms with Crippen LogP contribution in [0.4, 0.5) is 0 Å². The highest BCUT2D eigenvalue weighted by Crippen LogP contribution is 2.10. The quantitative estimate of drug-likeness (QED) is 0.566. The van der Waals surface area contributed by atoms with Gasteiger partial charge < -0.3 is 9.80 Å². The zero-order chi connectivity index (χ0) is 19.4. The first-order chi connectivity index (χ1) is 12.5. The monoisotopic (exact) mass is 356 g/mol. The van der Waals surface area contributed by atoms with Crippen molar-refractivity contribution in [2.24, 2.45) is 0 Å². The van der Waals surface area contributed by atoms with Gasteiger partial charge in [-0.1, -0.05) is 49.6 Å². The summed E-state index contributed by atoms with van der Waals surface area (Å²) < 4.78 is 0. The van der Waals surface area contributed by atoms with E-state index in [9.17, 15) is 9.59 Å². The fourth-order valence-electron chi connectivity index (χ4n) is 2.86. The SMILES string of the molecule is C#CCN(Cc1ccc(C)cc1)C(=O)CCCC(=O)N(CCC)CCC. The molecule has 0 radical (unpaired) electrons. The standard InChI is InChI=1S/C22H32N2O2/c1-5-15-23(16-6-2)21(25)9-8-10-22(26)24(17-7-3)18-20-13-11-19(4)12-14-20/h3,11-14H,5-6,8-10,15-18H2,1-2,4H3. The molecule has 0 heterocycles. The first kappa shape index (κ1) is 21.8. The summed E-state index contributed by atoms with van der Waals surface area (Å²) in [6.45, 7) is 8.55. The molecule has 0 atom stereocenters. The molecule has 0 aliphatic heterocycles. The van der Waals surface area contributed by atoms with Crippen LogP contribution in [0.5, 0.6) is 0 Å². The topological polar surface area (TPSA) is 40.6 Å². The highest BCUT2D eigenvalue weighted by molar-refractivity contribution is 5.79. The minimum atomic E-state index is 0.00820. The van der Waals surface area contributed by atoms with Crippen molar-refractivity contribution in [1.82, 2.24) is 9.80 Å². The first-order valence-electron chi connectivity index (χ1n) is 9.56. The summed E-state index contributed by atoms with van der Waals surface area (Å²) in [5, 5.41) is 0. The fourth-order valence-corrected chi connectivity index (χ4v) is 2.86. The van der Waals surface area contributed by atoms with Crippen LogP contribution in [-0.4, -0.2) is 41.2 Å². The molecular formula is C22H32N2O2. The fraction of sp³-hybridized carbons (Fsp3) is 0.545. The van der Waals surface area contributed by atoms with E-state index >= 15 is 0 Å². The van der Waals surface area contributed by atoms with Crippen LogP contribution < -0.4 is 0 Å². The Morgan fingerprint density at radius 2 is 1.50 bits per heavy atom. The Labute approximate surface area is 158 Å². The Hall–Kier alpha value is -2.28. The second-order valence-corrected chi connectivity index (χ2v) is 6.67. The van der Waals surface area contributed by atoms with Crippen LogP contribution in [0.1, 0.15) is 57.1 Å². The van der Waals surface area contributed by atoms with E-state index in [1.54, 1.807) is 4.90 Å². The zero-order valence-corrected chi connectivity index (χ0v) is 16.5. The van der Waals surface area contributed by atoms with E-state index in [1.807, 2.05) is 36.1 Å². The van der Waals surface area contributed by atoms with Crippen LogP contribution in [0.3, 0.4) is 0 Å². The van der Waals surface area contributed by atoms with Crippen molar-refractivity contribution in [3.63, 3.8) is 0 Å². The molecule has 0 aliphatic carbocycles. The van der Waals surface area contributed by atoms with Crippen molar-refractivity contribution in [1.29, 1.82) is 0 Å². The summed E-state index contributed by atoms with van der Waals surface area (Å²) in [5.74, 6) is 2.71. The van der Waals surface area contributed by atoms with Crippen LogP contribution in [-0.2, 0) is 16.1 Å². The average molecular weight is 357 g/mol. The van der Waals surface area contributed by atoms with E-state index in [0.29, 0.717) is 32.4 Å². The number of benzene rings is 1. The molecule has 4 nitrogen and oxygen atoms in total. The second kappa shape index (κ2) is 12.1. The molecule has 0 saturated heterocycles. The number of aryl methyl sites for hydroxylation is 1. The van der Waals surface area contributed by atoms with Crippen LogP contribution >= 0.6 is 0 Å². The van der Waals surface area contributed by atoms with Crippen molar-refractivity contribution < 1.29 is 9.59 Å². The lowest BCUT2D eigenvalue weighted by atomic mass is 10.1. The number of nitrogens with zero attached hydrogens (tertiary/aromatic N) is 2. The third kappa shape index (κ3) is 7.74. The van der Waals surface area contributed by atoms with E-state index in [0.717, 1.165) is 31.5 Å². The molecule has 0 aromatic heterocycles. The van der Waals surface area contributed by atoms with Crippen LogP contribution in [0, 0.1) is 19.3 Å². The molecule has 1 aromatic carbocycles. The minimum Gasteiger partial charge on any atom is -0.343 e. The highest BCUT2D eigenvalue weighted by Gasteiger charge is 2.16. The third-order valence-electron chi connectivity index (χ3n) is 4.25. The number of carbonyl (C=O) groups excluding carboxylic acids is 2. The molecule has 26 heavy (non-hydrogen) atoms. The summed E-state index contributed by atoms with van der Waals surface area (Å²) in [6.07, 6.45) is 8.67. The van der Waals surface area contributed by atoms with Gasteiger partial charge in [-0.2, -0.15) is 0 Å². The Bertz CT molecular complexity index is 596. The number of rotatable bonds is 11. The Morgan fingerprint density at radius 3 is 2.00 bits per heavy atom. The molecule has 1 rings (SSSR count). The molecule has 0 fully saturated rings. The Morgan fingerprint density at radius 1 is 0.962 bits per heavy atom. The molecule has 142 valence electrons. The van der Waals surface area contributed by atoms with Gasteiger partial charge in [0.05, 0.1) is 6.54 Å². The molecule has 0 N–H and O–H groups in total. The maximum atomic E-state index is 12.5. The predicted octanol–water partition coefficient (Wildman–Crippen LogP) is 3.78. The van der Waals surface area contributed by atoms with Crippen molar-refractivity contribution >= 4 is 11.8 Å². The van der Waals surface area contributed by atoms with Gasteiger partial charge in [-0.25, -0.2) is 0 Å². The average Bonchev–Trinajstić information content (AvgIpc) is 2.62. The van der Waals surface area contributed by atoms with Gasteiger partial charge in [0.1, 0.15) is 0 Å². The second-order valence-electron chi connectivity index (χ2n) is 6.67. The van der Waals surface area contributed by atoms with Crippen molar-refractivity contribution in [2.75, 3.05) is 19.6 Å². The van der Waals surface area contributed by atoms with Gasteiger partial charge in [-0.3, -0.25) is 9.59 Å². The van der Waals surface area contributed by atoms with E-state index in [1.165, 1.54) is 5.56 Å². The Kier molecular flexibility index (Phi) is 10.2. The van der Waals surface area contributed by atoms with E-state index in [-0.39, 0.29) is 11.8 Å². The molecule has 0 aliphatic rings. The molecule has 0 unspecified atom stereocenters. The normalized spacial score (nSPS) is 10.2. The van der Waals surface area contributed by atoms with Crippen molar-refractivity contribution in [2.45, 2.75) is 59.4 Å². The summed E-state index contributed by atoms with van der Waals surface area (Å²) in [4.78, 5) is 28.4. The minimum absolute atomic E-state index is 0.00820. The lowest BCUT2D eigenvalue weighted by Gasteiger charge is -2.22. The van der Waals surface area contributed by atoms with E-state index in [2.05, 4.69) is 19.8 Å². The van der Waals surface area contributed by atoms with Gasteiger partial charge in [-0.05, 0) is 31.7 Å². The number of carbonyl (C=O) groups is 2. The van der Waals surface area contributed by atoms with Gasteiger partial charge in [-0.15, -0.1) is 6.42 Å². The van der Waals surface area contributed by atoms with Gasteiger partial charge in [0.25, 0.3) is 0 Å². The summed E-state index contributed by atoms with van der Waals surface area (Å²) in [6, 6.07) is 8.09. The van der Waals surface area contributed by atoms with Crippen LogP contribution in [0.2, 0.25) is 0 Å². The number of terminal acetylenes is 1. The lowest BCUT2D eigenvalue weighted by molar-refractivity contribution is -0.132. The van der Waals surface area contributed by atoms with Crippen LogP contribution in [0.15, 0.2) is 24.3 Å². The number of amides is 2. The summed E-state index contributed by atoms with van der Waals surface area (Å²) in [7, 11) is 0. The van der Waals surface area contributed by atoms with Gasteiger partial charge >= 0.3 is 0 Å². The number of hydrogen-bond acceptors (Lipinski definition) is 2. The highest BCUT2D eigenvalue weighted by atomic mass is 16.2. The van der Waals surface area contributed by atoms with Gasteiger partial charge in [0.15, 0.2) is 0 Å². The zero-order valence-electron chi connectivity index (χ0n) is 16.5. The maximum Gasteiger partial charge on any atom is 0.223 e. The molecule has 0 spiro atoms. The molecule has 0 saturated carbocycles. The predicted molar refractivity (Wildman–Crippen MR) is 106 cm³/mol. The Balaban J connectivity index is 2.52. The van der Waals surface area contributed by atoms with Crippen molar-refractivity contribution in [3.05, 3.63) is 35.4 Å². The molecule has 1 aromatic rings. The molecule has 4 heteroatoms. The number of hydrogen-bond donors (Lipinski definition) is 0. The first-order valence-corrected chi connectivity index (χ1v) is 9.56. The van der Waals surface area contributed by atoms with Gasteiger partial charge in [0.2, 0.25) is 11.8 Å². The van der Waals surface area contributed by atoms with Crippen molar-refractivity contribution in [3.8, 4) is 12.3 Å². The summed E-state index contributed by atoms with van der Waals surface area (Å²) in [5.41, 5.74) is 2.25. The lowest BCUT2D eigenvalue weighted by Crippen LogP contribution is -2.33. The molecule has 2 amide bonds. The maximum absolute atomic E-state index is 12.5. The molecule has 0 bridgehead atoms. The van der Waals surface area contributed by atoms with Crippen LogP contribution in [0.25, 0.3) is 0 Å². The van der Waals surface area contributed by atoms with E-state index in [4.69, 9.17) is 6.42 Å². The van der Waals surface area contributed by atoms with Gasteiger partial charge in [0, 0.05) is 32.5 Å². The third-order valence-corrected chi connectivity index (χ3v) is 4.25. The summed E-state index contributed by atoms with van der Waals surface area (Å²) >= 11 is 0. The smallest absolute Gasteiger partial charge is 0.223 e. The van der Waals surface area contributed by atoms with E-state index < -0.39 is 0 Å². The largest absolute Gasteiger partial charge is 0.343 e.